The predicted molar refractivity (Wildman–Crippen MR) is 107 cm³/mol. The maximum atomic E-state index is 8.78. The summed E-state index contributed by atoms with van der Waals surface area (Å²) >= 11 is 0. The van der Waals surface area contributed by atoms with Crippen LogP contribution in [-0.4, -0.2) is 44.3 Å². The van der Waals surface area contributed by atoms with E-state index >= 15 is 0 Å². The fourth-order valence-corrected chi connectivity index (χ4v) is 2.67. The van der Waals surface area contributed by atoms with Gasteiger partial charge in [0.25, 0.3) is 0 Å². The Labute approximate surface area is 161 Å². The van der Waals surface area contributed by atoms with Crippen LogP contribution in [0.5, 0.6) is 5.75 Å². The Kier molecular flexibility index (Phi) is 5.21. The van der Waals surface area contributed by atoms with Gasteiger partial charge in [0.05, 0.1) is 30.1 Å². The molecule has 2 heterocycles. The van der Waals surface area contributed by atoms with Crippen molar-refractivity contribution in [1.82, 2.24) is 19.7 Å². The Morgan fingerprint density at radius 3 is 2.68 bits per heavy atom. The number of rotatable bonds is 7. The van der Waals surface area contributed by atoms with Gasteiger partial charge >= 0.3 is 0 Å². The van der Waals surface area contributed by atoms with Gasteiger partial charge in [-0.05, 0) is 42.0 Å². The summed E-state index contributed by atoms with van der Waals surface area (Å²) in [4.78, 5) is 8.60. The van der Waals surface area contributed by atoms with Crippen LogP contribution in [0.15, 0.2) is 72.2 Å². The molecule has 0 saturated carbocycles. The third kappa shape index (κ3) is 3.81. The smallest absolute Gasteiger partial charge is 0.168 e. The van der Waals surface area contributed by atoms with Gasteiger partial charge in [-0.1, -0.05) is 18.2 Å². The maximum absolute atomic E-state index is 8.78. The minimum Gasteiger partial charge on any atom is -0.491 e. The number of nitrogens with one attached hydrogen (secondary N) is 1. The average molecular weight is 374 g/mol. The zero-order chi connectivity index (χ0) is 19.2. The number of nitrogens with zero attached hydrogens (tertiary/aromatic N) is 5. The number of para-hydroxylation sites is 1. The molecule has 0 radical (unpaired) electrons. The van der Waals surface area contributed by atoms with E-state index in [0.717, 1.165) is 16.6 Å². The van der Waals surface area contributed by atoms with Crippen LogP contribution in [0.3, 0.4) is 0 Å². The number of aliphatic hydroxyl groups excluding tert-OH is 1. The third-order valence-corrected chi connectivity index (χ3v) is 3.99. The van der Waals surface area contributed by atoms with E-state index in [4.69, 9.17) is 9.84 Å². The summed E-state index contributed by atoms with van der Waals surface area (Å²) in [6.07, 6.45) is 4.88. The number of hydrazone groups is 1. The van der Waals surface area contributed by atoms with Crippen molar-refractivity contribution in [3.05, 3.63) is 72.7 Å². The van der Waals surface area contributed by atoms with Crippen LogP contribution in [0.1, 0.15) is 5.56 Å². The molecule has 0 saturated heterocycles. The zero-order valence-electron chi connectivity index (χ0n) is 14.9. The number of fused-ring (bicyclic) bond motifs is 1. The molecule has 2 aromatic carbocycles. The van der Waals surface area contributed by atoms with Gasteiger partial charge in [-0.25, -0.2) is 14.6 Å². The Hall–Kier alpha value is -3.78. The Bertz CT molecular complexity index is 1080. The van der Waals surface area contributed by atoms with Crippen LogP contribution < -0.4 is 10.2 Å². The monoisotopic (exact) mass is 374 g/mol. The van der Waals surface area contributed by atoms with Crippen molar-refractivity contribution >= 4 is 23.1 Å². The second-order valence-electron chi connectivity index (χ2n) is 5.86. The van der Waals surface area contributed by atoms with E-state index in [1.165, 1.54) is 6.33 Å². The number of hydrogen-bond acceptors (Lipinski definition) is 7. The van der Waals surface area contributed by atoms with Crippen LogP contribution in [0.25, 0.3) is 16.7 Å². The maximum Gasteiger partial charge on any atom is 0.168 e. The van der Waals surface area contributed by atoms with E-state index in [1.54, 1.807) is 17.1 Å². The molecule has 0 atom stereocenters. The Balaban J connectivity index is 1.51. The largest absolute Gasteiger partial charge is 0.491 e. The van der Waals surface area contributed by atoms with Gasteiger partial charge < -0.3 is 9.84 Å². The van der Waals surface area contributed by atoms with E-state index in [-0.39, 0.29) is 13.2 Å². The van der Waals surface area contributed by atoms with Crippen LogP contribution in [0.4, 0.5) is 5.82 Å². The van der Waals surface area contributed by atoms with Gasteiger partial charge in [0.1, 0.15) is 18.7 Å². The van der Waals surface area contributed by atoms with E-state index in [1.807, 2.05) is 54.6 Å². The average Bonchev–Trinajstić information content (AvgIpc) is 3.19. The highest BCUT2D eigenvalue weighted by Gasteiger charge is 2.10. The highest BCUT2D eigenvalue weighted by molar-refractivity contribution is 5.88. The van der Waals surface area contributed by atoms with Gasteiger partial charge in [-0.15, -0.1) is 0 Å². The molecular formula is C20H18N6O2. The molecule has 0 aliphatic rings. The lowest BCUT2D eigenvalue weighted by Gasteiger charge is -2.04. The number of ether oxygens (including phenoxy) is 1. The Morgan fingerprint density at radius 2 is 1.89 bits per heavy atom. The molecule has 0 bridgehead atoms. The van der Waals surface area contributed by atoms with Gasteiger partial charge in [0, 0.05) is 0 Å². The molecule has 4 rings (SSSR count). The molecule has 2 aromatic heterocycles. The first-order valence-electron chi connectivity index (χ1n) is 8.72. The van der Waals surface area contributed by atoms with E-state index in [0.29, 0.717) is 17.2 Å². The predicted octanol–water partition coefficient (Wildman–Crippen LogP) is 2.63. The van der Waals surface area contributed by atoms with Gasteiger partial charge in [0.15, 0.2) is 11.5 Å². The summed E-state index contributed by atoms with van der Waals surface area (Å²) < 4.78 is 7.10. The minimum atomic E-state index is -0.0125. The molecule has 8 nitrogen and oxygen atoms in total. The molecule has 140 valence electrons. The molecule has 4 aromatic rings. The molecule has 2 N–H and O–H groups in total. The molecule has 8 heteroatoms. The second kappa shape index (κ2) is 8.28. The van der Waals surface area contributed by atoms with Crippen molar-refractivity contribution in [2.75, 3.05) is 18.6 Å². The number of aromatic nitrogens is 4. The first-order valence-corrected chi connectivity index (χ1v) is 8.72. The fraction of sp³-hybridized carbons (Fsp3) is 0.100. The lowest BCUT2D eigenvalue weighted by atomic mass is 10.2. The number of aliphatic hydroxyl groups is 1. The summed E-state index contributed by atoms with van der Waals surface area (Å²) in [7, 11) is 0. The molecule has 0 aliphatic heterocycles. The van der Waals surface area contributed by atoms with Crippen molar-refractivity contribution in [3.63, 3.8) is 0 Å². The molecule has 28 heavy (non-hydrogen) atoms. The van der Waals surface area contributed by atoms with Gasteiger partial charge in [-0.3, -0.25) is 5.43 Å². The number of anilines is 1. The summed E-state index contributed by atoms with van der Waals surface area (Å²) in [5.74, 6) is 1.27. The molecule has 0 aliphatic carbocycles. The second-order valence-corrected chi connectivity index (χ2v) is 5.86. The quantitative estimate of drug-likeness (QED) is 0.381. The van der Waals surface area contributed by atoms with Gasteiger partial charge in [-0.2, -0.15) is 10.2 Å². The van der Waals surface area contributed by atoms with Crippen molar-refractivity contribution in [3.8, 4) is 11.4 Å². The summed E-state index contributed by atoms with van der Waals surface area (Å²) in [6, 6.07) is 17.2. The number of hydrogen-bond donors (Lipinski definition) is 2. The molecule has 0 amide bonds. The Morgan fingerprint density at radius 1 is 1.07 bits per heavy atom. The van der Waals surface area contributed by atoms with Crippen LogP contribution in [0.2, 0.25) is 0 Å². The first kappa shape index (κ1) is 17.6. The van der Waals surface area contributed by atoms with Crippen molar-refractivity contribution < 1.29 is 9.84 Å². The van der Waals surface area contributed by atoms with E-state index in [2.05, 4.69) is 25.6 Å². The third-order valence-electron chi connectivity index (χ3n) is 3.99. The van der Waals surface area contributed by atoms with Crippen LogP contribution in [0, 0.1) is 0 Å². The first-order chi connectivity index (χ1) is 13.8. The van der Waals surface area contributed by atoms with Gasteiger partial charge in [0.2, 0.25) is 0 Å². The molecule has 0 fully saturated rings. The van der Waals surface area contributed by atoms with Crippen LogP contribution in [-0.2, 0) is 0 Å². The van der Waals surface area contributed by atoms with Crippen molar-refractivity contribution in [2.45, 2.75) is 0 Å². The van der Waals surface area contributed by atoms with Crippen molar-refractivity contribution in [1.29, 1.82) is 0 Å². The number of benzene rings is 2. The highest BCUT2D eigenvalue weighted by Crippen LogP contribution is 2.21. The summed E-state index contributed by atoms with van der Waals surface area (Å²) in [5, 5.41) is 18.2. The fourth-order valence-electron chi connectivity index (χ4n) is 2.67. The standard InChI is InChI=1S/C20H18N6O2/c27-10-11-28-17-8-6-15(7-9-17)12-23-25-19-18-13-24-26(20(18)22-14-21-19)16-4-2-1-3-5-16/h1-9,12-14,27H,10-11H2,(H,21,22,25). The highest BCUT2D eigenvalue weighted by atomic mass is 16.5. The molecular weight excluding hydrogens is 356 g/mol. The zero-order valence-corrected chi connectivity index (χ0v) is 14.9. The SMILES string of the molecule is OCCOc1ccc(C=NNc2ncnc3c2cnn3-c2ccccc2)cc1. The topological polar surface area (TPSA) is 97.5 Å². The normalized spacial score (nSPS) is 11.2. The summed E-state index contributed by atoms with van der Waals surface area (Å²) in [6.45, 7) is 0.261. The van der Waals surface area contributed by atoms with Crippen LogP contribution >= 0.6 is 0 Å². The van der Waals surface area contributed by atoms with E-state index < -0.39 is 0 Å². The van der Waals surface area contributed by atoms with Crippen molar-refractivity contribution in [2.24, 2.45) is 5.10 Å². The van der Waals surface area contributed by atoms with E-state index in [9.17, 15) is 0 Å². The lowest BCUT2D eigenvalue weighted by Crippen LogP contribution is -2.01. The minimum absolute atomic E-state index is 0.0125. The molecule has 0 spiro atoms. The summed E-state index contributed by atoms with van der Waals surface area (Å²) in [5.41, 5.74) is 5.47. The molecule has 0 unspecified atom stereocenters. The lowest BCUT2D eigenvalue weighted by molar-refractivity contribution is 0.201.